The Hall–Kier alpha value is -2.14. The largest absolute Gasteiger partial charge is 0.398 e. The van der Waals surface area contributed by atoms with Crippen LogP contribution in [0.4, 0.5) is 11.6 Å². The third kappa shape index (κ3) is 2.70. The van der Waals surface area contributed by atoms with Crippen molar-refractivity contribution >= 4 is 29.1 Å². The topological polar surface area (TPSA) is 80.9 Å². The Bertz CT molecular complexity index is 544. The highest BCUT2D eigenvalue weighted by Crippen LogP contribution is 2.19. The first kappa shape index (κ1) is 11.3. The van der Waals surface area contributed by atoms with Crippen LogP contribution in [0.3, 0.4) is 0 Å². The second kappa shape index (κ2) is 4.80. The molecule has 0 fully saturated rings. The Labute approximate surface area is 103 Å². The summed E-state index contributed by atoms with van der Waals surface area (Å²) in [6.45, 7) is 0. The summed E-state index contributed by atoms with van der Waals surface area (Å²) in [5.41, 5.74) is 6.38. The van der Waals surface area contributed by atoms with E-state index in [1.807, 2.05) is 0 Å². The molecule has 0 saturated carbocycles. The van der Waals surface area contributed by atoms with Gasteiger partial charge in [-0.25, -0.2) is 9.97 Å². The van der Waals surface area contributed by atoms with E-state index >= 15 is 0 Å². The van der Waals surface area contributed by atoms with E-state index in [9.17, 15) is 4.79 Å². The Balaban J connectivity index is 2.18. The molecule has 0 spiro atoms. The van der Waals surface area contributed by atoms with Gasteiger partial charge >= 0.3 is 0 Å². The normalized spacial score (nSPS) is 9.94. The molecule has 1 aromatic carbocycles. The van der Waals surface area contributed by atoms with Gasteiger partial charge < -0.3 is 5.73 Å². The fourth-order valence-corrected chi connectivity index (χ4v) is 1.39. The van der Waals surface area contributed by atoms with Crippen molar-refractivity contribution in [2.75, 3.05) is 11.1 Å². The Kier molecular flexibility index (Phi) is 3.20. The molecule has 0 saturated heterocycles. The summed E-state index contributed by atoms with van der Waals surface area (Å²) >= 11 is 5.82. The van der Waals surface area contributed by atoms with Crippen LogP contribution in [0.1, 0.15) is 10.4 Å². The number of halogens is 1. The molecule has 0 aliphatic rings. The highest BCUT2D eigenvalue weighted by Gasteiger charge is 2.08. The zero-order chi connectivity index (χ0) is 12.3. The van der Waals surface area contributed by atoms with Crippen molar-refractivity contribution in [1.82, 2.24) is 9.97 Å². The number of nitrogens with one attached hydrogen (secondary N) is 1. The second-order valence-electron chi connectivity index (χ2n) is 3.26. The first-order valence-corrected chi connectivity index (χ1v) is 5.18. The van der Waals surface area contributed by atoms with Crippen molar-refractivity contribution in [2.24, 2.45) is 0 Å². The van der Waals surface area contributed by atoms with Crippen molar-refractivity contribution in [2.45, 2.75) is 0 Å². The third-order valence-corrected chi connectivity index (χ3v) is 2.38. The maximum atomic E-state index is 11.8. The molecule has 5 nitrogen and oxygen atoms in total. The first-order valence-electron chi connectivity index (χ1n) is 4.80. The summed E-state index contributed by atoms with van der Waals surface area (Å²) in [6.07, 6.45) is 3.08. The molecule has 6 heteroatoms. The van der Waals surface area contributed by atoms with Crippen LogP contribution in [0, 0.1) is 0 Å². The van der Waals surface area contributed by atoms with Gasteiger partial charge in [-0.3, -0.25) is 10.1 Å². The maximum Gasteiger partial charge on any atom is 0.258 e. The van der Waals surface area contributed by atoms with E-state index < -0.39 is 0 Å². The molecule has 2 aromatic rings. The van der Waals surface area contributed by atoms with Crippen molar-refractivity contribution < 1.29 is 4.79 Å². The lowest BCUT2D eigenvalue weighted by Crippen LogP contribution is -2.14. The lowest BCUT2D eigenvalue weighted by atomic mass is 10.2. The van der Waals surface area contributed by atoms with E-state index in [1.54, 1.807) is 30.6 Å². The van der Waals surface area contributed by atoms with Gasteiger partial charge in [-0.2, -0.15) is 0 Å². The van der Waals surface area contributed by atoms with E-state index in [0.29, 0.717) is 16.3 Å². The molecule has 17 heavy (non-hydrogen) atoms. The van der Waals surface area contributed by atoms with Gasteiger partial charge in [0.05, 0.1) is 10.7 Å². The van der Waals surface area contributed by atoms with E-state index in [1.165, 1.54) is 6.07 Å². The summed E-state index contributed by atoms with van der Waals surface area (Å²) in [6, 6.07) is 6.31. The smallest absolute Gasteiger partial charge is 0.258 e. The van der Waals surface area contributed by atoms with Crippen molar-refractivity contribution in [3.8, 4) is 0 Å². The number of hydrogen-bond donors (Lipinski definition) is 2. The van der Waals surface area contributed by atoms with E-state index in [-0.39, 0.29) is 11.9 Å². The lowest BCUT2D eigenvalue weighted by Gasteiger charge is -2.04. The van der Waals surface area contributed by atoms with Crippen LogP contribution >= 0.6 is 11.6 Å². The van der Waals surface area contributed by atoms with Crippen LogP contribution in [-0.4, -0.2) is 15.9 Å². The molecule has 1 amide bonds. The number of rotatable bonds is 2. The number of hydrogen-bond acceptors (Lipinski definition) is 4. The summed E-state index contributed by atoms with van der Waals surface area (Å²) < 4.78 is 0. The van der Waals surface area contributed by atoms with Gasteiger partial charge in [0.25, 0.3) is 5.91 Å². The van der Waals surface area contributed by atoms with Crippen LogP contribution in [0.2, 0.25) is 5.02 Å². The zero-order valence-electron chi connectivity index (χ0n) is 8.72. The minimum absolute atomic E-state index is 0.241. The van der Waals surface area contributed by atoms with Gasteiger partial charge in [0.1, 0.15) is 0 Å². The Morgan fingerprint density at radius 3 is 2.65 bits per heavy atom. The van der Waals surface area contributed by atoms with Gasteiger partial charge in [0.2, 0.25) is 5.95 Å². The Morgan fingerprint density at radius 1 is 1.29 bits per heavy atom. The van der Waals surface area contributed by atoms with E-state index in [2.05, 4.69) is 15.3 Å². The monoisotopic (exact) mass is 248 g/mol. The number of carbonyl (C=O) groups excluding carboxylic acids is 1. The molecule has 0 aliphatic carbocycles. The number of anilines is 2. The lowest BCUT2D eigenvalue weighted by molar-refractivity contribution is 0.102. The first-order chi connectivity index (χ1) is 8.16. The molecule has 0 aliphatic heterocycles. The molecule has 3 N–H and O–H groups in total. The second-order valence-corrected chi connectivity index (χ2v) is 3.67. The zero-order valence-corrected chi connectivity index (χ0v) is 9.48. The summed E-state index contributed by atoms with van der Waals surface area (Å²) in [5, 5.41) is 2.88. The molecular weight excluding hydrogens is 240 g/mol. The van der Waals surface area contributed by atoms with Crippen LogP contribution in [0.5, 0.6) is 0 Å². The van der Waals surface area contributed by atoms with Crippen molar-refractivity contribution in [1.29, 1.82) is 0 Å². The summed E-state index contributed by atoms with van der Waals surface area (Å²) in [4.78, 5) is 19.6. The van der Waals surface area contributed by atoms with Gasteiger partial charge in [-0.1, -0.05) is 11.6 Å². The number of nitrogen functional groups attached to an aromatic ring is 1. The molecule has 86 valence electrons. The number of amides is 1. The molecule has 1 aromatic heterocycles. The molecule has 0 unspecified atom stereocenters. The van der Waals surface area contributed by atoms with Gasteiger partial charge in [-0.05, 0) is 24.3 Å². The number of nitrogens with two attached hydrogens (primary N) is 1. The standard InChI is InChI=1S/C11H9ClN4O/c12-8-6-7(2-3-9(8)13)10(17)16-11-14-4-1-5-15-11/h1-6H,13H2,(H,14,15,16,17). The molecule has 0 bridgehead atoms. The molecule has 2 rings (SSSR count). The minimum atomic E-state index is -0.335. The van der Waals surface area contributed by atoms with Crippen molar-refractivity contribution in [3.63, 3.8) is 0 Å². The predicted octanol–water partition coefficient (Wildman–Crippen LogP) is 1.96. The SMILES string of the molecule is Nc1ccc(C(=O)Nc2ncccn2)cc1Cl. The quantitative estimate of drug-likeness (QED) is 0.796. The average Bonchev–Trinajstić information content (AvgIpc) is 2.34. The molecule has 0 radical (unpaired) electrons. The predicted molar refractivity (Wildman–Crippen MR) is 65.8 cm³/mol. The highest BCUT2D eigenvalue weighted by atomic mass is 35.5. The third-order valence-electron chi connectivity index (χ3n) is 2.05. The van der Waals surface area contributed by atoms with Crippen LogP contribution in [0.25, 0.3) is 0 Å². The van der Waals surface area contributed by atoms with Gasteiger partial charge in [0, 0.05) is 18.0 Å². The number of aromatic nitrogens is 2. The van der Waals surface area contributed by atoms with Crippen LogP contribution < -0.4 is 11.1 Å². The maximum absolute atomic E-state index is 11.8. The Morgan fingerprint density at radius 2 is 2.00 bits per heavy atom. The fraction of sp³-hybridized carbons (Fsp3) is 0. The van der Waals surface area contributed by atoms with Gasteiger partial charge in [0.15, 0.2) is 0 Å². The molecule has 0 atom stereocenters. The minimum Gasteiger partial charge on any atom is -0.398 e. The van der Waals surface area contributed by atoms with E-state index in [4.69, 9.17) is 17.3 Å². The number of benzene rings is 1. The van der Waals surface area contributed by atoms with E-state index in [0.717, 1.165) is 0 Å². The van der Waals surface area contributed by atoms with Crippen molar-refractivity contribution in [3.05, 3.63) is 47.2 Å². The van der Waals surface area contributed by atoms with Gasteiger partial charge in [-0.15, -0.1) is 0 Å². The fourth-order valence-electron chi connectivity index (χ4n) is 1.21. The highest BCUT2D eigenvalue weighted by molar-refractivity contribution is 6.33. The average molecular weight is 249 g/mol. The molecular formula is C11H9ClN4O. The summed E-state index contributed by atoms with van der Waals surface area (Å²) in [5.74, 6) is -0.0939. The van der Waals surface area contributed by atoms with Crippen LogP contribution in [0.15, 0.2) is 36.7 Å². The van der Waals surface area contributed by atoms with Crippen LogP contribution in [-0.2, 0) is 0 Å². The number of nitrogens with zero attached hydrogens (tertiary/aromatic N) is 2. The molecule has 1 heterocycles. The number of carbonyl (C=O) groups is 1. The summed E-state index contributed by atoms with van der Waals surface area (Å²) in [7, 11) is 0.